The second-order valence-electron chi connectivity index (χ2n) is 6.94. The highest BCUT2D eigenvalue weighted by Crippen LogP contribution is 2.21. The van der Waals surface area contributed by atoms with Gasteiger partial charge in [-0.05, 0) is 33.0 Å². The van der Waals surface area contributed by atoms with E-state index in [1.807, 2.05) is 11.7 Å². The molecule has 0 radical (unpaired) electrons. The first-order valence-electron chi connectivity index (χ1n) is 8.50. The topological polar surface area (TPSA) is 36.3 Å². The molecule has 0 bridgehead atoms. The average Bonchev–Trinajstić information content (AvgIpc) is 2.79. The summed E-state index contributed by atoms with van der Waals surface area (Å²) < 4.78 is 1.96. The van der Waals surface area contributed by atoms with Crippen molar-refractivity contribution in [2.45, 2.75) is 25.9 Å². The molecule has 5 heteroatoms. The Morgan fingerprint density at radius 3 is 2.38 bits per heavy atom. The Labute approximate surface area is 146 Å². The van der Waals surface area contributed by atoms with Gasteiger partial charge in [0.25, 0.3) is 0 Å². The molecule has 0 spiro atoms. The van der Waals surface area contributed by atoms with Crippen molar-refractivity contribution in [3.63, 3.8) is 0 Å². The van der Waals surface area contributed by atoms with Crippen molar-refractivity contribution >= 4 is 5.82 Å². The van der Waals surface area contributed by atoms with E-state index in [9.17, 15) is 0 Å². The Kier molecular flexibility index (Phi) is 6.40. The predicted molar refractivity (Wildman–Crippen MR) is 102 cm³/mol. The van der Waals surface area contributed by atoms with Crippen LogP contribution in [0, 0.1) is 6.92 Å². The molecule has 2 aromatic rings. The summed E-state index contributed by atoms with van der Waals surface area (Å²) in [6, 6.07) is 11.1. The molecule has 0 saturated carbocycles. The van der Waals surface area contributed by atoms with Gasteiger partial charge in [0.15, 0.2) is 0 Å². The molecule has 5 nitrogen and oxygen atoms in total. The number of nitrogens with zero attached hydrogens (tertiary/aromatic N) is 4. The summed E-state index contributed by atoms with van der Waals surface area (Å²) in [4.78, 5) is 4.37. The van der Waals surface area contributed by atoms with Crippen molar-refractivity contribution in [1.82, 2.24) is 20.0 Å². The lowest BCUT2D eigenvalue weighted by Crippen LogP contribution is -2.39. The van der Waals surface area contributed by atoms with Crippen LogP contribution in [0.3, 0.4) is 0 Å². The maximum Gasteiger partial charge on any atom is 0.130 e. The van der Waals surface area contributed by atoms with Gasteiger partial charge in [0.2, 0.25) is 0 Å². The van der Waals surface area contributed by atoms with E-state index in [2.05, 4.69) is 85.7 Å². The number of aromatic nitrogens is 2. The number of rotatable bonds is 8. The minimum absolute atomic E-state index is 0.400. The van der Waals surface area contributed by atoms with Crippen LogP contribution in [-0.4, -0.2) is 55.5 Å². The van der Waals surface area contributed by atoms with Gasteiger partial charge in [0.1, 0.15) is 5.82 Å². The number of hydrogen-bond donors (Lipinski definition) is 1. The van der Waals surface area contributed by atoms with E-state index in [0.29, 0.717) is 6.04 Å². The maximum atomic E-state index is 4.58. The van der Waals surface area contributed by atoms with Crippen LogP contribution < -0.4 is 10.2 Å². The second kappa shape index (κ2) is 8.31. The molecule has 0 saturated heterocycles. The van der Waals surface area contributed by atoms with E-state index < -0.39 is 0 Å². The van der Waals surface area contributed by atoms with Crippen molar-refractivity contribution in [2.24, 2.45) is 7.05 Å². The molecule has 1 aromatic carbocycles. The van der Waals surface area contributed by atoms with Crippen LogP contribution in [0.1, 0.15) is 16.8 Å². The Morgan fingerprint density at radius 1 is 1.12 bits per heavy atom. The average molecular weight is 329 g/mol. The molecule has 0 aliphatic rings. The van der Waals surface area contributed by atoms with Crippen LogP contribution in [-0.2, 0) is 20.0 Å². The quantitative estimate of drug-likeness (QED) is 0.804. The fourth-order valence-electron chi connectivity index (χ4n) is 3.24. The normalized spacial score (nSPS) is 12.6. The van der Waals surface area contributed by atoms with Gasteiger partial charge >= 0.3 is 0 Å². The fraction of sp³-hybridized carbons (Fsp3) is 0.526. The molecule has 2 rings (SSSR count). The molecule has 1 N–H and O–H groups in total. The standard InChI is InChI=1S/C19H31N5/c1-15-18(19(23(4)5)24(6)21-15)13-20-17(14-22(2)3)12-16-10-8-7-9-11-16/h7-11,17,20H,12-14H2,1-6H3/t17-/m0/s1. The van der Waals surface area contributed by atoms with E-state index in [-0.39, 0.29) is 0 Å². The molecular formula is C19H31N5. The highest BCUT2D eigenvalue weighted by molar-refractivity contribution is 5.48. The molecule has 0 amide bonds. The van der Waals surface area contributed by atoms with Crippen LogP contribution in [0.4, 0.5) is 5.82 Å². The molecular weight excluding hydrogens is 298 g/mol. The lowest BCUT2D eigenvalue weighted by atomic mass is 10.1. The number of nitrogens with one attached hydrogen (secondary N) is 1. The van der Waals surface area contributed by atoms with Gasteiger partial charge in [0, 0.05) is 45.8 Å². The largest absolute Gasteiger partial charge is 0.363 e. The van der Waals surface area contributed by atoms with E-state index in [4.69, 9.17) is 0 Å². The Bertz CT molecular complexity index is 631. The first-order chi connectivity index (χ1) is 11.4. The summed E-state index contributed by atoms with van der Waals surface area (Å²) >= 11 is 0. The Morgan fingerprint density at radius 2 is 1.79 bits per heavy atom. The smallest absolute Gasteiger partial charge is 0.130 e. The summed E-state index contributed by atoms with van der Waals surface area (Å²) in [6.45, 7) is 3.92. The summed E-state index contributed by atoms with van der Waals surface area (Å²) in [6.07, 6.45) is 1.02. The van der Waals surface area contributed by atoms with E-state index >= 15 is 0 Å². The predicted octanol–water partition coefficient (Wildman–Crippen LogP) is 2.06. The van der Waals surface area contributed by atoms with Gasteiger partial charge < -0.3 is 15.1 Å². The highest BCUT2D eigenvalue weighted by atomic mass is 15.4. The van der Waals surface area contributed by atoms with Gasteiger partial charge in [-0.3, -0.25) is 4.68 Å². The number of likely N-dealkylation sites (N-methyl/N-ethyl adjacent to an activating group) is 1. The summed E-state index contributed by atoms with van der Waals surface area (Å²) in [5.41, 5.74) is 3.74. The minimum Gasteiger partial charge on any atom is -0.363 e. The lowest BCUT2D eigenvalue weighted by Gasteiger charge is -2.23. The van der Waals surface area contributed by atoms with E-state index in [1.165, 1.54) is 16.9 Å². The van der Waals surface area contributed by atoms with Crippen molar-refractivity contribution in [3.8, 4) is 0 Å². The molecule has 0 aliphatic carbocycles. The zero-order valence-electron chi connectivity index (χ0n) is 15.9. The third kappa shape index (κ3) is 4.82. The van der Waals surface area contributed by atoms with Crippen LogP contribution in [0.15, 0.2) is 30.3 Å². The molecule has 0 fully saturated rings. The first kappa shape index (κ1) is 18.5. The fourth-order valence-corrected chi connectivity index (χ4v) is 3.24. The van der Waals surface area contributed by atoms with Crippen LogP contribution in [0.25, 0.3) is 0 Å². The van der Waals surface area contributed by atoms with Gasteiger partial charge in [0.05, 0.1) is 5.69 Å². The molecule has 0 unspecified atom stereocenters. The zero-order valence-corrected chi connectivity index (χ0v) is 15.9. The van der Waals surface area contributed by atoms with Crippen molar-refractivity contribution in [2.75, 3.05) is 39.6 Å². The highest BCUT2D eigenvalue weighted by Gasteiger charge is 2.17. The molecule has 132 valence electrons. The monoisotopic (exact) mass is 329 g/mol. The third-order valence-corrected chi connectivity index (χ3v) is 4.21. The number of anilines is 1. The number of aryl methyl sites for hydroxylation is 2. The summed E-state index contributed by atoms with van der Waals surface area (Å²) in [5, 5.41) is 8.32. The van der Waals surface area contributed by atoms with Crippen molar-refractivity contribution in [1.29, 1.82) is 0 Å². The van der Waals surface area contributed by atoms with E-state index in [0.717, 1.165) is 25.2 Å². The van der Waals surface area contributed by atoms with E-state index in [1.54, 1.807) is 0 Å². The third-order valence-electron chi connectivity index (χ3n) is 4.21. The van der Waals surface area contributed by atoms with Gasteiger partial charge in [-0.2, -0.15) is 5.10 Å². The second-order valence-corrected chi connectivity index (χ2v) is 6.94. The minimum atomic E-state index is 0.400. The van der Waals surface area contributed by atoms with Crippen LogP contribution in [0.5, 0.6) is 0 Å². The van der Waals surface area contributed by atoms with Gasteiger partial charge in [-0.1, -0.05) is 30.3 Å². The molecule has 1 atom stereocenters. The van der Waals surface area contributed by atoms with Crippen LogP contribution in [0.2, 0.25) is 0 Å². The molecule has 0 aliphatic heterocycles. The Balaban J connectivity index is 2.10. The molecule has 24 heavy (non-hydrogen) atoms. The molecule has 1 aromatic heterocycles. The SMILES string of the molecule is Cc1nn(C)c(N(C)C)c1CN[C@@H](Cc1ccccc1)CN(C)C. The lowest BCUT2D eigenvalue weighted by molar-refractivity contribution is 0.334. The zero-order chi connectivity index (χ0) is 17.7. The Hall–Kier alpha value is -1.85. The number of benzene rings is 1. The maximum absolute atomic E-state index is 4.58. The van der Waals surface area contributed by atoms with Crippen molar-refractivity contribution < 1.29 is 0 Å². The molecule has 1 heterocycles. The summed E-state index contributed by atoms with van der Waals surface area (Å²) in [7, 11) is 10.4. The first-order valence-corrected chi connectivity index (χ1v) is 8.50. The van der Waals surface area contributed by atoms with Crippen molar-refractivity contribution in [3.05, 3.63) is 47.2 Å². The van der Waals surface area contributed by atoms with Gasteiger partial charge in [-0.15, -0.1) is 0 Å². The van der Waals surface area contributed by atoms with Crippen LogP contribution >= 0.6 is 0 Å². The van der Waals surface area contributed by atoms with Gasteiger partial charge in [-0.25, -0.2) is 0 Å². The summed E-state index contributed by atoms with van der Waals surface area (Å²) in [5.74, 6) is 1.17. The number of hydrogen-bond acceptors (Lipinski definition) is 4.